The molecule has 0 aliphatic rings. The van der Waals surface area contributed by atoms with Crippen molar-refractivity contribution in [3.63, 3.8) is 0 Å². The van der Waals surface area contributed by atoms with Gasteiger partial charge >= 0.3 is 0 Å². The Morgan fingerprint density at radius 3 is 2.82 bits per heavy atom. The monoisotopic (exact) mass is 228 g/mol. The second kappa shape index (κ2) is 4.61. The lowest BCUT2D eigenvalue weighted by Crippen LogP contribution is -2.13. The van der Waals surface area contributed by atoms with Crippen LogP contribution in [0.3, 0.4) is 0 Å². The average Bonchev–Trinajstić information content (AvgIpc) is 2.34. The molecule has 0 aliphatic carbocycles. The summed E-state index contributed by atoms with van der Waals surface area (Å²) in [7, 11) is 0. The van der Waals surface area contributed by atoms with E-state index in [1.54, 1.807) is 36.5 Å². The molecule has 1 aromatic heterocycles. The molecule has 5 nitrogen and oxygen atoms in total. The number of carbonyl (C=O) groups excluding carboxylic acids is 1. The predicted octanol–water partition coefficient (Wildman–Crippen LogP) is 1.62. The van der Waals surface area contributed by atoms with Crippen molar-refractivity contribution in [3.8, 4) is 0 Å². The first-order chi connectivity index (χ1) is 8.16. The molecule has 0 saturated carbocycles. The van der Waals surface area contributed by atoms with Gasteiger partial charge in [-0.05, 0) is 42.8 Å². The molecule has 5 heteroatoms. The summed E-state index contributed by atoms with van der Waals surface area (Å²) >= 11 is 0. The molecule has 0 fully saturated rings. The Balaban J connectivity index is 2.18. The highest BCUT2D eigenvalue weighted by Gasteiger charge is 2.07. The molecule has 86 valence electrons. The van der Waals surface area contributed by atoms with Gasteiger partial charge in [0.2, 0.25) is 0 Å². The minimum Gasteiger partial charge on any atom is -0.399 e. The molecular formula is C12H12N4O. The number of carbonyl (C=O) groups is 1. The molecule has 2 rings (SSSR count). The second-order valence-corrected chi connectivity index (χ2v) is 3.63. The van der Waals surface area contributed by atoms with E-state index < -0.39 is 0 Å². The third kappa shape index (κ3) is 2.57. The van der Waals surface area contributed by atoms with E-state index in [1.807, 2.05) is 6.92 Å². The summed E-state index contributed by atoms with van der Waals surface area (Å²) < 4.78 is 0. The van der Waals surface area contributed by atoms with E-state index in [-0.39, 0.29) is 5.91 Å². The molecule has 17 heavy (non-hydrogen) atoms. The topological polar surface area (TPSA) is 80.9 Å². The Bertz CT molecular complexity index is 539. The van der Waals surface area contributed by atoms with Gasteiger partial charge in [-0.1, -0.05) is 0 Å². The average molecular weight is 228 g/mol. The number of anilines is 2. The normalized spacial score (nSPS) is 9.94. The zero-order chi connectivity index (χ0) is 12.3. The van der Waals surface area contributed by atoms with Crippen LogP contribution < -0.4 is 11.1 Å². The smallest absolute Gasteiger partial charge is 0.256 e. The van der Waals surface area contributed by atoms with Crippen LogP contribution in [-0.2, 0) is 0 Å². The van der Waals surface area contributed by atoms with Crippen LogP contribution in [0.2, 0.25) is 0 Å². The number of amides is 1. The van der Waals surface area contributed by atoms with Crippen LogP contribution in [0.25, 0.3) is 0 Å². The molecule has 0 saturated heterocycles. The summed E-state index contributed by atoms with van der Waals surface area (Å²) in [6, 6.07) is 8.50. The third-order valence-corrected chi connectivity index (χ3v) is 2.35. The highest BCUT2D eigenvalue weighted by Crippen LogP contribution is 2.13. The summed E-state index contributed by atoms with van der Waals surface area (Å²) in [6.07, 6.45) is 1.54. The van der Waals surface area contributed by atoms with Crippen molar-refractivity contribution in [2.75, 3.05) is 11.1 Å². The second-order valence-electron chi connectivity index (χ2n) is 3.63. The number of nitrogens with zero attached hydrogens (tertiary/aromatic N) is 2. The molecule has 0 spiro atoms. The number of aryl methyl sites for hydroxylation is 1. The largest absolute Gasteiger partial charge is 0.399 e. The molecule has 1 amide bonds. The molecule has 0 bridgehead atoms. The van der Waals surface area contributed by atoms with Crippen molar-refractivity contribution < 1.29 is 4.79 Å². The number of nitrogen functional groups attached to an aromatic ring is 1. The maximum absolute atomic E-state index is 11.9. The Hall–Kier alpha value is -2.43. The zero-order valence-corrected chi connectivity index (χ0v) is 9.34. The van der Waals surface area contributed by atoms with E-state index in [2.05, 4.69) is 15.5 Å². The number of hydrogen-bond donors (Lipinski definition) is 2. The Labute approximate surface area is 98.7 Å². The molecule has 1 heterocycles. The molecule has 0 radical (unpaired) electrons. The summed E-state index contributed by atoms with van der Waals surface area (Å²) in [4.78, 5) is 11.9. The van der Waals surface area contributed by atoms with Crippen LogP contribution in [0, 0.1) is 6.92 Å². The first-order valence-corrected chi connectivity index (χ1v) is 5.12. The fraction of sp³-hybridized carbons (Fsp3) is 0.0833. The van der Waals surface area contributed by atoms with Gasteiger partial charge in [0, 0.05) is 17.4 Å². The minimum atomic E-state index is -0.228. The summed E-state index contributed by atoms with van der Waals surface area (Å²) in [5, 5.41) is 10.1. The molecule has 2 aromatic rings. The Morgan fingerprint density at radius 1 is 1.35 bits per heavy atom. The van der Waals surface area contributed by atoms with Gasteiger partial charge in [-0.3, -0.25) is 4.79 Å². The van der Waals surface area contributed by atoms with Crippen LogP contribution in [0.15, 0.2) is 36.5 Å². The number of rotatable bonds is 2. The van der Waals surface area contributed by atoms with Crippen molar-refractivity contribution in [3.05, 3.63) is 47.7 Å². The lowest BCUT2D eigenvalue weighted by Gasteiger charge is -2.05. The highest BCUT2D eigenvalue weighted by atomic mass is 16.1. The molecule has 0 aliphatic heterocycles. The highest BCUT2D eigenvalue weighted by molar-refractivity contribution is 6.04. The van der Waals surface area contributed by atoms with E-state index in [0.717, 1.165) is 5.56 Å². The number of nitrogens with one attached hydrogen (secondary N) is 1. The first-order valence-electron chi connectivity index (χ1n) is 5.12. The fourth-order valence-electron chi connectivity index (χ4n) is 1.37. The molecular weight excluding hydrogens is 216 g/mol. The number of hydrogen-bond acceptors (Lipinski definition) is 4. The van der Waals surface area contributed by atoms with Crippen LogP contribution in [-0.4, -0.2) is 16.1 Å². The standard InChI is InChI=1S/C12H12N4O/c1-8-7-9(4-5-10(8)13)12(17)15-11-3-2-6-14-16-11/h2-7H,13H2,1H3,(H,15,16,17). The van der Waals surface area contributed by atoms with Gasteiger partial charge in [0.05, 0.1) is 0 Å². The van der Waals surface area contributed by atoms with Crippen LogP contribution in [0.4, 0.5) is 11.5 Å². The van der Waals surface area contributed by atoms with Gasteiger partial charge in [0.25, 0.3) is 5.91 Å². The third-order valence-electron chi connectivity index (χ3n) is 2.35. The van der Waals surface area contributed by atoms with Crippen molar-refractivity contribution in [1.29, 1.82) is 0 Å². The molecule has 0 unspecified atom stereocenters. The molecule has 3 N–H and O–H groups in total. The van der Waals surface area contributed by atoms with Crippen LogP contribution in [0.5, 0.6) is 0 Å². The number of aromatic nitrogens is 2. The van der Waals surface area contributed by atoms with Gasteiger partial charge < -0.3 is 11.1 Å². The zero-order valence-electron chi connectivity index (χ0n) is 9.34. The van der Waals surface area contributed by atoms with Crippen molar-refractivity contribution in [1.82, 2.24) is 10.2 Å². The van der Waals surface area contributed by atoms with Crippen LogP contribution >= 0.6 is 0 Å². The maximum Gasteiger partial charge on any atom is 0.256 e. The van der Waals surface area contributed by atoms with Crippen molar-refractivity contribution in [2.24, 2.45) is 0 Å². The number of nitrogens with two attached hydrogens (primary N) is 1. The minimum absolute atomic E-state index is 0.228. The molecule has 0 atom stereocenters. The number of benzene rings is 1. The van der Waals surface area contributed by atoms with Gasteiger partial charge in [-0.25, -0.2) is 0 Å². The van der Waals surface area contributed by atoms with Crippen molar-refractivity contribution >= 4 is 17.4 Å². The summed E-state index contributed by atoms with van der Waals surface area (Å²) in [5.41, 5.74) is 7.77. The van der Waals surface area contributed by atoms with Crippen LogP contribution in [0.1, 0.15) is 15.9 Å². The SMILES string of the molecule is Cc1cc(C(=O)Nc2cccnn2)ccc1N. The van der Waals surface area contributed by atoms with Gasteiger partial charge in [-0.15, -0.1) is 5.10 Å². The maximum atomic E-state index is 11.9. The fourth-order valence-corrected chi connectivity index (χ4v) is 1.37. The van der Waals surface area contributed by atoms with E-state index in [4.69, 9.17) is 5.73 Å². The Kier molecular flexibility index (Phi) is 3.00. The van der Waals surface area contributed by atoms with E-state index in [0.29, 0.717) is 17.1 Å². The Morgan fingerprint density at radius 2 is 2.18 bits per heavy atom. The van der Waals surface area contributed by atoms with Gasteiger partial charge in [0.1, 0.15) is 0 Å². The quantitative estimate of drug-likeness (QED) is 0.765. The van der Waals surface area contributed by atoms with E-state index in [1.165, 1.54) is 0 Å². The predicted molar refractivity (Wildman–Crippen MR) is 65.6 cm³/mol. The van der Waals surface area contributed by atoms with Crippen molar-refractivity contribution in [2.45, 2.75) is 6.92 Å². The molecule has 1 aromatic carbocycles. The first kappa shape index (κ1) is 11.1. The van der Waals surface area contributed by atoms with Gasteiger partial charge in [0.15, 0.2) is 5.82 Å². The lowest BCUT2D eigenvalue weighted by molar-refractivity contribution is 0.102. The van der Waals surface area contributed by atoms with E-state index >= 15 is 0 Å². The van der Waals surface area contributed by atoms with E-state index in [9.17, 15) is 4.79 Å². The van der Waals surface area contributed by atoms with Gasteiger partial charge in [-0.2, -0.15) is 5.10 Å². The lowest BCUT2D eigenvalue weighted by atomic mass is 10.1. The summed E-state index contributed by atoms with van der Waals surface area (Å²) in [6.45, 7) is 1.86. The summed E-state index contributed by atoms with van der Waals surface area (Å²) in [5.74, 6) is 0.195.